The summed E-state index contributed by atoms with van der Waals surface area (Å²) < 4.78 is 0. The molecule has 1 aromatic heterocycles. The lowest BCUT2D eigenvalue weighted by Gasteiger charge is -2.11. The topological polar surface area (TPSA) is 54.0 Å². The highest BCUT2D eigenvalue weighted by atomic mass is 16.1. The molecule has 1 aromatic rings. The van der Waals surface area contributed by atoms with Crippen LogP contribution < -0.4 is 10.6 Å². The molecule has 0 aromatic carbocycles. The predicted molar refractivity (Wildman–Crippen MR) is 72.6 cm³/mol. The molecule has 0 aliphatic heterocycles. The minimum atomic E-state index is -0.0144. The van der Waals surface area contributed by atoms with Crippen molar-refractivity contribution in [2.75, 3.05) is 11.9 Å². The summed E-state index contributed by atoms with van der Waals surface area (Å²) in [7, 11) is 0. The molecule has 0 bridgehead atoms. The first-order valence-corrected chi connectivity index (χ1v) is 6.62. The zero-order valence-electron chi connectivity index (χ0n) is 11.1. The number of aromatic nitrogens is 1. The van der Waals surface area contributed by atoms with Crippen molar-refractivity contribution in [1.82, 2.24) is 10.3 Å². The Morgan fingerprint density at radius 3 is 2.72 bits per heavy atom. The van der Waals surface area contributed by atoms with Crippen molar-refractivity contribution < 1.29 is 4.79 Å². The summed E-state index contributed by atoms with van der Waals surface area (Å²) in [4.78, 5) is 16.1. The molecular weight excluding hydrogens is 226 g/mol. The fraction of sp³-hybridized carbons (Fsp3) is 0.571. The molecule has 0 unspecified atom stereocenters. The van der Waals surface area contributed by atoms with E-state index < -0.39 is 0 Å². The smallest absolute Gasteiger partial charge is 0.239 e. The number of hydrogen-bond donors (Lipinski definition) is 2. The largest absolute Gasteiger partial charge is 0.310 e. The van der Waals surface area contributed by atoms with E-state index in [-0.39, 0.29) is 5.91 Å². The molecule has 1 amide bonds. The van der Waals surface area contributed by atoms with Gasteiger partial charge in [0, 0.05) is 11.7 Å². The second-order valence-electron chi connectivity index (χ2n) is 5.08. The second kappa shape index (κ2) is 5.96. The molecule has 18 heavy (non-hydrogen) atoms. The summed E-state index contributed by atoms with van der Waals surface area (Å²) in [5.74, 6) is 0.630. The summed E-state index contributed by atoms with van der Waals surface area (Å²) in [6, 6.07) is 4.40. The zero-order chi connectivity index (χ0) is 13.0. The van der Waals surface area contributed by atoms with Crippen LogP contribution in [0.2, 0.25) is 0 Å². The van der Waals surface area contributed by atoms with Gasteiger partial charge in [-0.15, -0.1) is 0 Å². The molecule has 1 aliphatic rings. The number of amides is 1. The Bertz CT molecular complexity index is 405. The molecule has 1 saturated carbocycles. The highest BCUT2D eigenvalue weighted by molar-refractivity contribution is 5.91. The van der Waals surface area contributed by atoms with Crippen LogP contribution in [-0.4, -0.2) is 23.5 Å². The number of nitrogens with one attached hydrogen (secondary N) is 2. The summed E-state index contributed by atoms with van der Waals surface area (Å²) in [5, 5.41) is 6.13. The van der Waals surface area contributed by atoms with E-state index in [0.717, 1.165) is 11.3 Å². The van der Waals surface area contributed by atoms with Gasteiger partial charge in [-0.1, -0.05) is 12.8 Å². The van der Waals surface area contributed by atoms with Gasteiger partial charge in [-0.3, -0.25) is 4.79 Å². The van der Waals surface area contributed by atoms with E-state index in [4.69, 9.17) is 0 Å². The van der Waals surface area contributed by atoms with Crippen LogP contribution in [0, 0.1) is 13.8 Å². The summed E-state index contributed by atoms with van der Waals surface area (Å²) in [6.45, 7) is 4.31. The molecule has 4 nitrogen and oxygen atoms in total. The molecule has 1 heterocycles. The van der Waals surface area contributed by atoms with E-state index in [0.29, 0.717) is 18.4 Å². The first-order valence-electron chi connectivity index (χ1n) is 6.62. The van der Waals surface area contributed by atoms with Gasteiger partial charge >= 0.3 is 0 Å². The molecule has 4 heteroatoms. The number of carbonyl (C=O) groups is 1. The number of carbonyl (C=O) groups excluding carboxylic acids is 1. The minimum absolute atomic E-state index is 0.0144. The Hall–Kier alpha value is -1.42. The maximum Gasteiger partial charge on any atom is 0.239 e. The summed E-state index contributed by atoms with van der Waals surface area (Å²) in [6.07, 6.45) is 4.93. The zero-order valence-corrected chi connectivity index (χ0v) is 11.1. The van der Waals surface area contributed by atoms with Crippen molar-refractivity contribution in [3.63, 3.8) is 0 Å². The molecule has 0 radical (unpaired) electrons. The lowest BCUT2D eigenvalue weighted by Crippen LogP contribution is -2.34. The maximum absolute atomic E-state index is 11.8. The molecule has 2 rings (SSSR count). The quantitative estimate of drug-likeness (QED) is 0.857. The van der Waals surface area contributed by atoms with Crippen LogP contribution in [0.3, 0.4) is 0 Å². The summed E-state index contributed by atoms with van der Waals surface area (Å²) in [5.41, 5.74) is 2.04. The van der Waals surface area contributed by atoms with Crippen LogP contribution in [0.1, 0.15) is 36.9 Å². The van der Waals surface area contributed by atoms with E-state index in [2.05, 4.69) is 15.6 Å². The monoisotopic (exact) mass is 247 g/mol. The Morgan fingerprint density at radius 2 is 2.06 bits per heavy atom. The van der Waals surface area contributed by atoms with Crippen molar-refractivity contribution in [3.05, 3.63) is 23.4 Å². The number of aryl methyl sites for hydroxylation is 2. The van der Waals surface area contributed by atoms with Gasteiger partial charge < -0.3 is 10.6 Å². The second-order valence-corrected chi connectivity index (χ2v) is 5.08. The van der Waals surface area contributed by atoms with Gasteiger partial charge in [-0.05, 0) is 44.4 Å². The molecule has 1 aliphatic carbocycles. The van der Waals surface area contributed by atoms with Crippen LogP contribution >= 0.6 is 0 Å². The van der Waals surface area contributed by atoms with Crippen molar-refractivity contribution in [1.29, 1.82) is 0 Å². The molecule has 0 atom stereocenters. The fourth-order valence-corrected chi connectivity index (χ4v) is 2.46. The Balaban J connectivity index is 1.82. The van der Waals surface area contributed by atoms with Gasteiger partial charge in [0.25, 0.3) is 0 Å². The Morgan fingerprint density at radius 1 is 1.33 bits per heavy atom. The Kier molecular flexibility index (Phi) is 4.31. The average molecular weight is 247 g/mol. The molecule has 98 valence electrons. The highest BCUT2D eigenvalue weighted by Gasteiger charge is 2.15. The number of pyridine rings is 1. The standard InChI is InChI=1S/C14H21N3O/c1-10-7-11(2)16-13(8-10)17-14(18)9-15-12-5-3-4-6-12/h7-8,12,15H,3-6,9H2,1-2H3,(H,16,17,18). The molecular formula is C14H21N3O. The third-order valence-electron chi connectivity index (χ3n) is 3.27. The number of rotatable bonds is 4. The maximum atomic E-state index is 11.8. The fourth-order valence-electron chi connectivity index (χ4n) is 2.46. The molecule has 0 spiro atoms. The van der Waals surface area contributed by atoms with Gasteiger partial charge in [0.05, 0.1) is 6.54 Å². The van der Waals surface area contributed by atoms with Gasteiger partial charge in [0.2, 0.25) is 5.91 Å². The predicted octanol–water partition coefficient (Wildman–Crippen LogP) is 2.17. The third kappa shape index (κ3) is 3.81. The molecule has 2 N–H and O–H groups in total. The van der Waals surface area contributed by atoms with E-state index in [1.54, 1.807) is 0 Å². The van der Waals surface area contributed by atoms with Crippen LogP contribution in [0.25, 0.3) is 0 Å². The van der Waals surface area contributed by atoms with Crippen molar-refractivity contribution in [2.24, 2.45) is 0 Å². The number of anilines is 1. The lowest BCUT2D eigenvalue weighted by atomic mass is 10.2. The van der Waals surface area contributed by atoms with E-state index in [9.17, 15) is 4.79 Å². The normalized spacial score (nSPS) is 15.9. The first kappa shape index (κ1) is 13.0. The number of nitrogens with zero attached hydrogens (tertiary/aromatic N) is 1. The molecule has 0 saturated heterocycles. The summed E-state index contributed by atoms with van der Waals surface area (Å²) >= 11 is 0. The van der Waals surface area contributed by atoms with E-state index >= 15 is 0 Å². The van der Waals surface area contributed by atoms with E-state index in [1.807, 2.05) is 26.0 Å². The minimum Gasteiger partial charge on any atom is -0.310 e. The van der Waals surface area contributed by atoms with Gasteiger partial charge in [0.1, 0.15) is 5.82 Å². The first-order chi connectivity index (χ1) is 8.63. The molecule has 1 fully saturated rings. The van der Waals surface area contributed by atoms with Gasteiger partial charge in [0.15, 0.2) is 0 Å². The van der Waals surface area contributed by atoms with E-state index in [1.165, 1.54) is 25.7 Å². The van der Waals surface area contributed by atoms with Crippen LogP contribution in [0.4, 0.5) is 5.82 Å². The Labute approximate surface area is 108 Å². The average Bonchev–Trinajstić information content (AvgIpc) is 2.77. The third-order valence-corrected chi connectivity index (χ3v) is 3.27. The van der Waals surface area contributed by atoms with Crippen molar-refractivity contribution in [3.8, 4) is 0 Å². The van der Waals surface area contributed by atoms with Gasteiger partial charge in [-0.2, -0.15) is 0 Å². The number of hydrogen-bond acceptors (Lipinski definition) is 3. The van der Waals surface area contributed by atoms with Crippen LogP contribution in [-0.2, 0) is 4.79 Å². The van der Waals surface area contributed by atoms with Gasteiger partial charge in [-0.25, -0.2) is 4.98 Å². The highest BCUT2D eigenvalue weighted by Crippen LogP contribution is 2.17. The lowest BCUT2D eigenvalue weighted by molar-refractivity contribution is -0.115. The van der Waals surface area contributed by atoms with Crippen molar-refractivity contribution in [2.45, 2.75) is 45.6 Å². The van der Waals surface area contributed by atoms with Crippen molar-refractivity contribution >= 4 is 11.7 Å². The van der Waals surface area contributed by atoms with Crippen LogP contribution in [0.5, 0.6) is 0 Å². The van der Waals surface area contributed by atoms with Crippen LogP contribution in [0.15, 0.2) is 12.1 Å². The SMILES string of the molecule is Cc1cc(C)nc(NC(=O)CNC2CCCC2)c1.